The summed E-state index contributed by atoms with van der Waals surface area (Å²) in [6.07, 6.45) is 12.2. The minimum atomic E-state index is -3.57. The number of nitrogens with one attached hydrogen (secondary N) is 3. The van der Waals surface area contributed by atoms with Crippen LogP contribution in [0.25, 0.3) is 0 Å². The number of terminal acetylenes is 2. The summed E-state index contributed by atoms with van der Waals surface area (Å²) in [6, 6.07) is 23.3. The first-order chi connectivity index (χ1) is 25.8. The Morgan fingerprint density at radius 1 is 0.732 bits per heavy atom. The second-order valence-electron chi connectivity index (χ2n) is 10.6. The number of nitrogens with zero attached hydrogens (tertiary/aromatic N) is 1. The number of carbonyl (C=O) groups excluding carboxylic acids is 1. The summed E-state index contributed by atoms with van der Waals surface area (Å²) < 4.78 is 51.8. The average molecular weight is 848 g/mol. The fourth-order valence-corrected chi connectivity index (χ4v) is 6.51. The summed E-state index contributed by atoms with van der Waals surface area (Å²) in [5.74, 6) is 4.45. The molecule has 0 bridgehead atoms. The molecule has 0 aromatic heterocycles. The van der Waals surface area contributed by atoms with Crippen LogP contribution in [0, 0.1) is 36.5 Å². The SMILES string of the molecule is C#CCNS(=O)(=O)c1ccc(CCN)cc1.C#CCNS(=O)(=O)c1ccc(CCNc2cc(Cl)ccc2CO)cc1.O=Cc1cc(Cl)ccc1CO.[B].[C-]#N.[Na+]. The molecule has 0 spiro atoms. The fraction of sp³-hybridized carbons (Fsp3) is 0.211. The molecule has 7 N–H and O–H groups in total. The zero-order valence-corrected chi connectivity index (χ0v) is 35.7. The zero-order valence-electron chi connectivity index (χ0n) is 30.6. The Kier molecular flexibility index (Phi) is 28.7. The molecule has 4 aromatic rings. The zero-order chi connectivity index (χ0) is 40.6. The number of rotatable bonds is 15. The van der Waals surface area contributed by atoms with E-state index in [9.17, 15) is 26.7 Å². The average Bonchev–Trinajstić information content (AvgIpc) is 3.18. The normalized spacial score (nSPS) is 10.0. The summed E-state index contributed by atoms with van der Waals surface area (Å²) in [6.45, 7) is 5.66. The third kappa shape index (κ3) is 19.4. The standard InChI is InChI=1S/C18H19ClN2O3S.C11H14N2O2S.C8H7ClO2.CN.B.Na/c1-2-10-21-25(23,24)17-7-3-14(4-8-17)9-11-20-18-12-16(19)6-5-15(18)13-22;1-2-9-13-16(14,15)11-5-3-10(4-6-11)7-8-12;9-8-2-1-6(4-10)7(3-8)5-11;1-2;;/h1,3-8,12,20-22H,9-11,13H2;1,3-6,13H,7-9,12H2;1-3,5,10H,4H2;;;/q;;;-1;;+1. The molecule has 0 heterocycles. The Labute approximate surface area is 364 Å². The van der Waals surface area contributed by atoms with Gasteiger partial charge in [0.15, 0.2) is 0 Å². The predicted molar refractivity (Wildman–Crippen MR) is 217 cm³/mol. The Bertz CT molecular complexity index is 2110. The molecular weight excluding hydrogens is 807 g/mol. The minimum Gasteiger partial charge on any atom is -0.512 e. The van der Waals surface area contributed by atoms with E-state index in [1.807, 2.05) is 0 Å². The quantitative estimate of drug-likeness (QED) is 0.0430. The van der Waals surface area contributed by atoms with E-state index in [0.29, 0.717) is 47.0 Å². The molecule has 0 atom stereocenters. The van der Waals surface area contributed by atoms with Crippen LogP contribution in [0.2, 0.25) is 10.0 Å². The molecule has 289 valence electrons. The number of anilines is 1. The van der Waals surface area contributed by atoms with Crippen LogP contribution in [0.1, 0.15) is 32.6 Å². The summed E-state index contributed by atoms with van der Waals surface area (Å²) in [5, 5.41) is 28.6. The first kappa shape index (κ1) is 54.4. The van der Waals surface area contributed by atoms with Gasteiger partial charge < -0.3 is 33.1 Å². The number of aliphatic hydroxyl groups excluding tert-OH is 2. The van der Waals surface area contributed by atoms with E-state index in [2.05, 4.69) is 26.6 Å². The Hall–Kier alpha value is -3.70. The van der Waals surface area contributed by atoms with E-state index < -0.39 is 20.0 Å². The number of benzene rings is 4. The van der Waals surface area contributed by atoms with Gasteiger partial charge in [-0.15, -0.1) is 12.8 Å². The van der Waals surface area contributed by atoms with Crippen LogP contribution in [-0.2, 0) is 46.1 Å². The Morgan fingerprint density at radius 3 is 1.57 bits per heavy atom. The molecule has 3 radical (unpaired) electrons. The van der Waals surface area contributed by atoms with Crippen LogP contribution < -0.4 is 50.1 Å². The molecule has 12 nitrogen and oxygen atoms in total. The van der Waals surface area contributed by atoms with E-state index >= 15 is 0 Å². The van der Waals surface area contributed by atoms with Crippen LogP contribution in [0.5, 0.6) is 0 Å². The third-order valence-corrected chi connectivity index (χ3v) is 10.3. The largest absolute Gasteiger partial charge is 1.00 e. The smallest absolute Gasteiger partial charge is 0.512 e. The molecule has 0 saturated heterocycles. The molecule has 4 aromatic carbocycles. The predicted octanol–water partition coefficient (Wildman–Crippen LogP) is 0.862. The van der Waals surface area contributed by atoms with Gasteiger partial charge in [-0.25, -0.2) is 16.8 Å². The van der Waals surface area contributed by atoms with E-state index in [0.717, 1.165) is 28.8 Å². The van der Waals surface area contributed by atoms with Gasteiger partial charge in [-0.2, -0.15) is 9.44 Å². The molecule has 4 rings (SSSR count). The van der Waals surface area contributed by atoms with Gasteiger partial charge in [0.1, 0.15) is 6.29 Å². The van der Waals surface area contributed by atoms with Gasteiger partial charge in [0, 0.05) is 41.8 Å². The van der Waals surface area contributed by atoms with Crippen LogP contribution >= 0.6 is 23.2 Å². The first-order valence-corrected chi connectivity index (χ1v) is 19.5. The van der Waals surface area contributed by atoms with Crippen molar-refractivity contribution < 1.29 is 61.4 Å². The van der Waals surface area contributed by atoms with Crippen molar-refractivity contribution in [1.29, 1.82) is 5.26 Å². The first-order valence-electron chi connectivity index (χ1n) is 15.8. The summed E-state index contributed by atoms with van der Waals surface area (Å²) in [7, 11) is -7.04. The molecule has 18 heteroatoms. The van der Waals surface area contributed by atoms with Gasteiger partial charge in [0.2, 0.25) is 20.0 Å². The van der Waals surface area contributed by atoms with E-state index in [1.165, 1.54) is 6.07 Å². The monoisotopic (exact) mass is 846 g/mol. The number of hydrogen-bond acceptors (Lipinski definition) is 10. The van der Waals surface area contributed by atoms with Gasteiger partial charge in [-0.3, -0.25) is 4.79 Å². The Morgan fingerprint density at radius 2 is 1.16 bits per heavy atom. The summed E-state index contributed by atoms with van der Waals surface area (Å²) in [5.41, 5.74) is 9.99. The van der Waals surface area contributed by atoms with E-state index in [1.54, 1.807) is 78.9 Å². The number of sulfonamides is 2. The Balaban J connectivity index is 0. The number of hydrogen-bond donors (Lipinski definition) is 6. The maximum absolute atomic E-state index is 11.9. The van der Waals surface area contributed by atoms with Crippen molar-refractivity contribution in [2.24, 2.45) is 5.73 Å². The molecule has 0 fully saturated rings. The minimum absolute atomic E-state index is 0. The molecule has 0 aliphatic heterocycles. The third-order valence-electron chi connectivity index (χ3n) is 7.01. The van der Waals surface area contributed by atoms with Crippen molar-refractivity contribution in [2.75, 3.05) is 31.5 Å². The molecule has 0 aliphatic carbocycles. The molecule has 0 unspecified atom stereocenters. The van der Waals surface area contributed by atoms with Crippen molar-refractivity contribution in [2.45, 2.75) is 35.8 Å². The van der Waals surface area contributed by atoms with Crippen molar-refractivity contribution in [1.82, 2.24) is 9.44 Å². The summed E-state index contributed by atoms with van der Waals surface area (Å²) in [4.78, 5) is 10.8. The van der Waals surface area contributed by atoms with E-state index in [4.69, 9.17) is 58.7 Å². The number of nitrogens with two attached hydrogens (primary N) is 1. The van der Waals surface area contributed by atoms with Crippen LogP contribution in [0.15, 0.2) is 94.7 Å². The van der Waals surface area contributed by atoms with Crippen LogP contribution in [-0.4, -0.2) is 67.9 Å². The van der Waals surface area contributed by atoms with Gasteiger partial charge in [0.05, 0.1) is 36.1 Å². The molecule has 56 heavy (non-hydrogen) atoms. The van der Waals surface area contributed by atoms with Gasteiger partial charge in [-0.1, -0.05) is 71.4 Å². The number of aliphatic hydroxyl groups is 2. The topological polar surface area (TPSA) is 212 Å². The number of aldehydes is 1. The molecule has 0 amide bonds. The maximum Gasteiger partial charge on any atom is 1.00 e. The van der Waals surface area contributed by atoms with Crippen LogP contribution in [0.4, 0.5) is 5.69 Å². The van der Waals surface area contributed by atoms with Gasteiger partial charge >= 0.3 is 29.6 Å². The molecule has 0 aliphatic rings. The second kappa shape index (κ2) is 29.5. The van der Waals surface area contributed by atoms with E-state index in [-0.39, 0.29) is 74.1 Å². The van der Waals surface area contributed by atoms with Gasteiger partial charge in [0.25, 0.3) is 0 Å². The fourth-order valence-electron chi connectivity index (χ4n) is 4.29. The van der Waals surface area contributed by atoms with Crippen molar-refractivity contribution in [3.63, 3.8) is 0 Å². The maximum atomic E-state index is 11.9. The molecular formula is C38H40BCl2N5NaO7S2. The number of carbonyl (C=O) groups is 1. The van der Waals surface area contributed by atoms with Crippen LogP contribution in [0.3, 0.4) is 0 Å². The van der Waals surface area contributed by atoms with Crippen molar-refractivity contribution in [3.8, 4) is 24.7 Å². The number of halogens is 2. The van der Waals surface area contributed by atoms with Gasteiger partial charge in [-0.05, 0) is 84.6 Å². The summed E-state index contributed by atoms with van der Waals surface area (Å²) >= 11 is 11.6. The van der Waals surface area contributed by atoms with Crippen molar-refractivity contribution >= 4 is 63.6 Å². The van der Waals surface area contributed by atoms with Crippen molar-refractivity contribution in [3.05, 3.63) is 129 Å². The second-order valence-corrected chi connectivity index (χ2v) is 15.0. The molecule has 0 saturated carbocycles.